The van der Waals surface area contributed by atoms with Crippen LogP contribution in [0.4, 0.5) is 13.2 Å². The van der Waals surface area contributed by atoms with Gasteiger partial charge in [0.2, 0.25) is 0 Å². The highest BCUT2D eigenvalue weighted by molar-refractivity contribution is 5.23. The third kappa shape index (κ3) is 2.30. The molecule has 1 N–H and O–H groups in total. The van der Waals surface area contributed by atoms with Crippen molar-refractivity contribution in [2.75, 3.05) is 6.61 Å². The maximum atomic E-state index is 13.4. The second kappa shape index (κ2) is 4.66. The average molecular weight is 246 g/mol. The van der Waals surface area contributed by atoms with E-state index >= 15 is 0 Å². The molecule has 0 aromatic heterocycles. The molecule has 17 heavy (non-hydrogen) atoms. The number of halogens is 3. The van der Waals surface area contributed by atoms with Crippen LogP contribution in [0.3, 0.4) is 0 Å². The van der Waals surface area contributed by atoms with Gasteiger partial charge in [0, 0.05) is 18.2 Å². The summed E-state index contributed by atoms with van der Waals surface area (Å²) >= 11 is 0. The quantitative estimate of drug-likeness (QED) is 0.813. The lowest BCUT2D eigenvalue weighted by Gasteiger charge is -2.22. The molecule has 1 aromatic rings. The molecule has 1 fully saturated rings. The van der Waals surface area contributed by atoms with Crippen LogP contribution in [0.1, 0.15) is 25.0 Å². The Hall–Kier alpha value is -1.07. The highest BCUT2D eigenvalue weighted by Crippen LogP contribution is 2.32. The van der Waals surface area contributed by atoms with Crippen LogP contribution in [-0.2, 0) is 4.74 Å². The summed E-state index contributed by atoms with van der Waals surface area (Å²) < 4.78 is 44.5. The second-order valence-electron chi connectivity index (χ2n) is 4.33. The third-order valence-corrected chi connectivity index (χ3v) is 3.11. The standard InChI is InChI=1S/C12H13F3O2/c1-6-2-3-17-12(6)11(16)7-4-9(14)10(15)5-8(7)13/h4-6,11-12,16H,2-3H2,1H3. The van der Waals surface area contributed by atoms with Crippen molar-refractivity contribution in [3.8, 4) is 0 Å². The molecular weight excluding hydrogens is 233 g/mol. The molecule has 1 aromatic carbocycles. The molecule has 1 heterocycles. The summed E-state index contributed by atoms with van der Waals surface area (Å²) in [5.41, 5.74) is -0.261. The minimum absolute atomic E-state index is 0.0533. The van der Waals surface area contributed by atoms with Crippen LogP contribution in [0.5, 0.6) is 0 Å². The van der Waals surface area contributed by atoms with Gasteiger partial charge in [-0.1, -0.05) is 6.92 Å². The highest BCUT2D eigenvalue weighted by atomic mass is 19.2. The minimum Gasteiger partial charge on any atom is -0.386 e. The minimum atomic E-state index is -1.28. The number of rotatable bonds is 2. The van der Waals surface area contributed by atoms with Gasteiger partial charge in [-0.15, -0.1) is 0 Å². The monoisotopic (exact) mass is 246 g/mol. The van der Waals surface area contributed by atoms with Crippen molar-refractivity contribution < 1.29 is 23.0 Å². The first-order valence-electron chi connectivity index (χ1n) is 5.45. The van der Waals surface area contributed by atoms with Crippen LogP contribution in [0.15, 0.2) is 12.1 Å². The Morgan fingerprint density at radius 3 is 2.47 bits per heavy atom. The lowest BCUT2D eigenvalue weighted by molar-refractivity contribution is -0.0195. The molecular formula is C12H13F3O2. The summed E-state index contributed by atoms with van der Waals surface area (Å²) in [6.45, 7) is 2.34. The molecule has 1 aliphatic rings. The largest absolute Gasteiger partial charge is 0.386 e. The van der Waals surface area contributed by atoms with E-state index in [9.17, 15) is 18.3 Å². The van der Waals surface area contributed by atoms with E-state index in [1.807, 2.05) is 6.92 Å². The molecule has 0 aliphatic carbocycles. The van der Waals surface area contributed by atoms with Crippen LogP contribution in [0.2, 0.25) is 0 Å². The molecule has 94 valence electrons. The van der Waals surface area contributed by atoms with E-state index in [1.165, 1.54) is 0 Å². The number of aliphatic hydroxyl groups is 1. The van der Waals surface area contributed by atoms with Crippen LogP contribution in [-0.4, -0.2) is 17.8 Å². The maximum absolute atomic E-state index is 13.4. The van der Waals surface area contributed by atoms with E-state index in [-0.39, 0.29) is 11.5 Å². The first-order chi connectivity index (χ1) is 8.00. The van der Waals surface area contributed by atoms with E-state index in [1.54, 1.807) is 0 Å². The van der Waals surface area contributed by atoms with Crippen molar-refractivity contribution >= 4 is 0 Å². The number of ether oxygens (including phenoxy) is 1. The Labute approximate surface area is 97.0 Å². The normalized spacial score (nSPS) is 26.2. The molecule has 0 saturated carbocycles. The third-order valence-electron chi connectivity index (χ3n) is 3.11. The summed E-state index contributed by atoms with van der Waals surface area (Å²) in [6.07, 6.45) is -1.09. The topological polar surface area (TPSA) is 29.5 Å². The molecule has 3 unspecified atom stereocenters. The molecule has 0 amide bonds. The lowest BCUT2D eigenvalue weighted by atomic mass is 9.94. The number of benzene rings is 1. The molecule has 5 heteroatoms. The fourth-order valence-electron chi connectivity index (χ4n) is 2.06. The summed E-state index contributed by atoms with van der Waals surface area (Å²) in [4.78, 5) is 0. The van der Waals surface area contributed by atoms with E-state index in [0.29, 0.717) is 18.7 Å². The van der Waals surface area contributed by atoms with Crippen molar-refractivity contribution in [3.05, 3.63) is 35.1 Å². The van der Waals surface area contributed by atoms with E-state index in [4.69, 9.17) is 4.74 Å². The van der Waals surface area contributed by atoms with E-state index in [0.717, 1.165) is 6.42 Å². The van der Waals surface area contributed by atoms with Crippen LogP contribution < -0.4 is 0 Å². The first kappa shape index (κ1) is 12.4. The average Bonchev–Trinajstić information content (AvgIpc) is 2.69. The zero-order valence-corrected chi connectivity index (χ0v) is 9.29. The fraction of sp³-hybridized carbons (Fsp3) is 0.500. The SMILES string of the molecule is CC1CCOC1C(O)c1cc(F)c(F)cc1F. The van der Waals surface area contributed by atoms with E-state index < -0.39 is 29.7 Å². The van der Waals surface area contributed by atoms with Gasteiger partial charge in [-0.25, -0.2) is 13.2 Å². The van der Waals surface area contributed by atoms with Gasteiger partial charge in [-0.3, -0.25) is 0 Å². The molecule has 0 spiro atoms. The van der Waals surface area contributed by atoms with Gasteiger partial charge in [-0.05, 0) is 18.4 Å². The summed E-state index contributed by atoms with van der Waals surface area (Å²) in [7, 11) is 0. The molecule has 1 aliphatic heterocycles. The summed E-state index contributed by atoms with van der Waals surface area (Å²) in [5, 5.41) is 9.93. The van der Waals surface area contributed by atoms with E-state index in [2.05, 4.69) is 0 Å². The van der Waals surface area contributed by atoms with Crippen LogP contribution >= 0.6 is 0 Å². The predicted molar refractivity (Wildman–Crippen MR) is 54.8 cm³/mol. The molecule has 3 atom stereocenters. The van der Waals surface area contributed by atoms with Gasteiger partial charge in [-0.2, -0.15) is 0 Å². The molecule has 0 radical (unpaired) electrons. The van der Waals surface area contributed by atoms with Crippen molar-refractivity contribution in [2.24, 2.45) is 5.92 Å². The summed E-state index contributed by atoms with van der Waals surface area (Å²) in [6, 6.07) is 1.12. The van der Waals surface area contributed by atoms with Crippen LogP contribution in [0.25, 0.3) is 0 Å². The van der Waals surface area contributed by atoms with Gasteiger partial charge in [0.15, 0.2) is 11.6 Å². The molecule has 1 saturated heterocycles. The Morgan fingerprint density at radius 2 is 1.88 bits per heavy atom. The molecule has 2 nitrogen and oxygen atoms in total. The van der Waals surface area contributed by atoms with Gasteiger partial charge < -0.3 is 9.84 Å². The van der Waals surface area contributed by atoms with Crippen molar-refractivity contribution in [1.29, 1.82) is 0 Å². The van der Waals surface area contributed by atoms with Gasteiger partial charge in [0.1, 0.15) is 11.9 Å². The number of aliphatic hydroxyl groups excluding tert-OH is 1. The Balaban J connectivity index is 2.30. The Kier molecular flexibility index (Phi) is 3.40. The summed E-state index contributed by atoms with van der Waals surface area (Å²) in [5.74, 6) is -3.35. The first-order valence-corrected chi connectivity index (χ1v) is 5.45. The van der Waals surface area contributed by atoms with Gasteiger partial charge in [0.05, 0.1) is 6.10 Å². The maximum Gasteiger partial charge on any atom is 0.161 e. The Morgan fingerprint density at radius 1 is 1.24 bits per heavy atom. The predicted octanol–water partition coefficient (Wildman–Crippen LogP) is 2.56. The van der Waals surface area contributed by atoms with Crippen LogP contribution in [0, 0.1) is 23.4 Å². The number of hydrogen-bond acceptors (Lipinski definition) is 2. The van der Waals surface area contributed by atoms with Crippen molar-refractivity contribution in [3.63, 3.8) is 0 Å². The van der Waals surface area contributed by atoms with Gasteiger partial charge in [0.25, 0.3) is 0 Å². The van der Waals surface area contributed by atoms with Crippen molar-refractivity contribution in [1.82, 2.24) is 0 Å². The lowest BCUT2D eigenvalue weighted by Crippen LogP contribution is -2.24. The number of hydrogen-bond donors (Lipinski definition) is 1. The van der Waals surface area contributed by atoms with Crippen molar-refractivity contribution in [2.45, 2.75) is 25.6 Å². The zero-order valence-electron chi connectivity index (χ0n) is 9.29. The molecule has 0 bridgehead atoms. The highest BCUT2D eigenvalue weighted by Gasteiger charge is 2.33. The zero-order chi connectivity index (χ0) is 12.6. The smallest absolute Gasteiger partial charge is 0.161 e. The molecule has 2 rings (SSSR count). The second-order valence-corrected chi connectivity index (χ2v) is 4.33. The Bertz CT molecular complexity index is 422. The fourth-order valence-corrected chi connectivity index (χ4v) is 2.06. The van der Waals surface area contributed by atoms with Gasteiger partial charge >= 0.3 is 0 Å².